The number of rotatable bonds is 4. The second-order valence-corrected chi connectivity index (χ2v) is 11.7. The molecule has 0 radical (unpaired) electrons. The van der Waals surface area contributed by atoms with Gasteiger partial charge in [-0.15, -0.1) is 0 Å². The summed E-state index contributed by atoms with van der Waals surface area (Å²) in [4.78, 5) is 15.2. The second kappa shape index (κ2) is 10.8. The highest BCUT2D eigenvalue weighted by atomic mass is 14.7. The van der Waals surface area contributed by atoms with E-state index < -0.39 is 0 Å². The molecule has 0 aliphatic carbocycles. The molecule has 214 valence electrons. The molecule has 0 aliphatic heterocycles. The molecule has 0 saturated heterocycles. The maximum Gasteiger partial charge on any atom is 0.0715 e. The Morgan fingerprint density at radius 3 is 1.04 bits per heavy atom. The number of hydrogen-bond donors (Lipinski definition) is 0. The van der Waals surface area contributed by atoms with Gasteiger partial charge in [0.1, 0.15) is 0 Å². The van der Waals surface area contributed by atoms with Crippen LogP contribution in [0.3, 0.4) is 0 Å². The zero-order valence-corrected chi connectivity index (χ0v) is 24.9. The minimum absolute atomic E-state index is 0.923. The van der Waals surface area contributed by atoms with E-state index >= 15 is 0 Å². The van der Waals surface area contributed by atoms with Gasteiger partial charge in [0.25, 0.3) is 0 Å². The largest absolute Gasteiger partial charge is 0.248 e. The van der Waals surface area contributed by atoms with Crippen LogP contribution in [0.2, 0.25) is 0 Å². The van der Waals surface area contributed by atoms with Crippen molar-refractivity contribution in [2.75, 3.05) is 0 Å². The minimum atomic E-state index is 0.923. The van der Waals surface area contributed by atoms with Crippen LogP contribution in [0, 0.1) is 0 Å². The molecule has 0 N–H and O–H groups in total. The third kappa shape index (κ3) is 4.75. The Morgan fingerprint density at radius 1 is 0.239 bits per heavy atom. The van der Waals surface area contributed by atoms with Gasteiger partial charge < -0.3 is 0 Å². The molecule has 9 aromatic rings. The average molecular weight is 586 g/mol. The number of fused-ring (bicyclic) bond motifs is 4. The maximum absolute atomic E-state index is 5.11. The topological polar surface area (TPSA) is 38.7 Å². The molecule has 0 aliphatic rings. The standard InChI is InChI=1S/C43H27N3/c1-3-10-30-26-42-36(22-28(30)8-1)18-20-40(45-42)34-14-5-12-32(24-34)38-16-7-17-39(44-38)33-13-6-15-35(25-33)41-21-19-37-23-29-9-2-4-11-31(29)27-43(37)46-41/h1-27H. The summed E-state index contributed by atoms with van der Waals surface area (Å²) >= 11 is 0. The third-order valence-electron chi connectivity index (χ3n) is 8.77. The van der Waals surface area contributed by atoms with E-state index in [0.717, 1.165) is 66.8 Å². The summed E-state index contributed by atoms with van der Waals surface area (Å²) in [6, 6.07) is 57.4. The van der Waals surface area contributed by atoms with Crippen molar-refractivity contribution < 1.29 is 0 Å². The van der Waals surface area contributed by atoms with Crippen LogP contribution in [0.25, 0.3) is 88.4 Å². The van der Waals surface area contributed by atoms with E-state index in [-0.39, 0.29) is 0 Å². The lowest BCUT2D eigenvalue weighted by molar-refractivity contribution is 1.32. The Labute approximate surface area is 266 Å². The van der Waals surface area contributed by atoms with Crippen molar-refractivity contribution >= 4 is 43.4 Å². The number of hydrogen-bond acceptors (Lipinski definition) is 3. The van der Waals surface area contributed by atoms with Crippen LogP contribution >= 0.6 is 0 Å². The van der Waals surface area contributed by atoms with Crippen molar-refractivity contribution in [2.24, 2.45) is 0 Å². The van der Waals surface area contributed by atoms with E-state index in [1.807, 2.05) is 0 Å². The Hall–Kier alpha value is -6.19. The van der Waals surface area contributed by atoms with Gasteiger partial charge in [0.2, 0.25) is 0 Å². The van der Waals surface area contributed by atoms with Gasteiger partial charge in [0.05, 0.1) is 33.8 Å². The molecule has 0 atom stereocenters. The molecule has 9 rings (SSSR count). The Balaban J connectivity index is 1.05. The number of nitrogens with zero attached hydrogens (tertiary/aromatic N) is 3. The molecule has 6 aromatic carbocycles. The van der Waals surface area contributed by atoms with Crippen molar-refractivity contribution in [3.05, 3.63) is 164 Å². The second-order valence-electron chi connectivity index (χ2n) is 11.7. The summed E-state index contributed by atoms with van der Waals surface area (Å²) in [5, 5.41) is 7.13. The van der Waals surface area contributed by atoms with Crippen LogP contribution in [0.5, 0.6) is 0 Å². The lowest BCUT2D eigenvalue weighted by atomic mass is 10.0. The lowest BCUT2D eigenvalue weighted by Gasteiger charge is -2.10. The van der Waals surface area contributed by atoms with Crippen LogP contribution in [-0.2, 0) is 0 Å². The predicted octanol–water partition coefficient (Wildman–Crippen LogP) is 11.2. The van der Waals surface area contributed by atoms with Gasteiger partial charge in [-0.25, -0.2) is 15.0 Å². The molecule has 3 aromatic heterocycles. The molecule has 0 unspecified atom stereocenters. The first kappa shape index (κ1) is 26.2. The summed E-state index contributed by atoms with van der Waals surface area (Å²) in [5.74, 6) is 0. The SMILES string of the molecule is c1cc(-c2cccc(-c3cccc(-c4ccc5cc6ccccc6cc5n4)c3)n2)cc(-c2ccc3cc4ccccc4cc3n2)c1. The van der Waals surface area contributed by atoms with Crippen LogP contribution in [0.4, 0.5) is 0 Å². The highest BCUT2D eigenvalue weighted by Crippen LogP contribution is 2.31. The first-order valence-corrected chi connectivity index (χ1v) is 15.5. The van der Waals surface area contributed by atoms with Gasteiger partial charge >= 0.3 is 0 Å². The Bertz CT molecular complexity index is 2420. The molecule has 3 heterocycles. The Kier molecular flexibility index (Phi) is 6.14. The van der Waals surface area contributed by atoms with E-state index in [2.05, 4.69) is 164 Å². The zero-order chi connectivity index (χ0) is 30.5. The predicted molar refractivity (Wildman–Crippen MR) is 192 cm³/mol. The average Bonchev–Trinajstić information content (AvgIpc) is 3.13. The summed E-state index contributed by atoms with van der Waals surface area (Å²) in [7, 11) is 0. The fraction of sp³-hybridized carbons (Fsp3) is 0. The van der Waals surface area contributed by atoms with Gasteiger partial charge in [-0.3, -0.25) is 0 Å². The number of aromatic nitrogens is 3. The molecule has 0 bridgehead atoms. The molecular weight excluding hydrogens is 558 g/mol. The smallest absolute Gasteiger partial charge is 0.0715 e. The van der Waals surface area contributed by atoms with E-state index in [4.69, 9.17) is 15.0 Å². The van der Waals surface area contributed by atoms with Crippen LogP contribution in [-0.4, -0.2) is 15.0 Å². The first-order valence-electron chi connectivity index (χ1n) is 15.5. The maximum atomic E-state index is 5.11. The summed E-state index contributed by atoms with van der Waals surface area (Å²) < 4.78 is 0. The van der Waals surface area contributed by atoms with E-state index in [1.165, 1.54) is 21.5 Å². The highest BCUT2D eigenvalue weighted by molar-refractivity contribution is 5.98. The van der Waals surface area contributed by atoms with Gasteiger partial charge in [0, 0.05) is 33.0 Å². The van der Waals surface area contributed by atoms with Gasteiger partial charge in [0.15, 0.2) is 0 Å². The molecule has 0 fully saturated rings. The molecule has 0 amide bonds. The molecule has 46 heavy (non-hydrogen) atoms. The van der Waals surface area contributed by atoms with Gasteiger partial charge in [-0.2, -0.15) is 0 Å². The first-order chi connectivity index (χ1) is 22.7. The van der Waals surface area contributed by atoms with Crippen molar-refractivity contribution in [2.45, 2.75) is 0 Å². The molecular formula is C43H27N3. The summed E-state index contributed by atoms with van der Waals surface area (Å²) in [5.41, 5.74) is 9.98. The summed E-state index contributed by atoms with van der Waals surface area (Å²) in [6.07, 6.45) is 0. The Morgan fingerprint density at radius 2 is 0.609 bits per heavy atom. The fourth-order valence-corrected chi connectivity index (χ4v) is 6.38. The van der Waals surface area contributed by atoms with E-state index in [9.17, 15) is 0 Å². The molecule has 3 heteroatoms. The molecule has 0 spiro atoms. The normalized spacial score (nSPS) is 11.5. The van der Waals surface area contributed by atoms with E-state index in [0.29, 0.717) is 0 Å². The van der Waals surface area contributed by atoms with E-state index in [1.54, 1.807) is 0 Å². The third-order valence-corrected chi connectivity index (χ3v) is 8.77. The van der Waals surface area contributed by atoms with Crippen LogP contribution in [0.1, 0.15) is 0 Å². The quantitative estimate of drug-likeness (QED) is 0.193. The number of pyridine rings is 3. The zero-order valence-electron chi connectivity index (χ0n) is 24.9. The summed E-state index contributed by atoms with van der Waals surface area (Å²) in [6.45, 7) is 0. The van der Waals surface area contributed by atoms with Gasteiger partial charge in [-0.05, 0) is 82.2 Å². The fourth-order valence-electron chi connectivity index (χ4n) is 6.38. The highest BCUT2D eigenvalue weighted by Gasteiger charge is 2.10. The minimum Gasteiger partial charge on any atom is -0.248 e. The monoisotopic (exact) mass is 585 g/mol. The van der Waals surface area contributed by atoms with Crippen LogP contribution < -0.4 is 0 Å². The van der Waals surface area contributed by atoms with Crippen molar-refractivity contribution in [1.82, 2.24) is 15.0 Å². The lowest BCUT2D eigenvalue weighted by Crippen LogP contribution is -1.91. The van der Waals surface area contributed by atoms with Gasteiger partial charge in [-0.1, -0.05) is 103 Å². The van der Waals surface area contributed by atoms with Crippen molar-refractivity contribution in [3.63, 3.8) is 0 Å². The molecule has 3 nitrogen and oxygen atoms in total. The van der Waals surface area contributed by atoms with Crippen molar-refractivity contribution in [3.8, 4) is 45.0 Å². The van der Waals surface area contributed by atoms with Crippen molar-refractivity contribution in [1.29, 1.82) is 0 Å². The molecule has 0 saturated carbocycles. The van der Waals surface area contributed by atoms with Crippen LogP contribution in [0.15, 0.2) is 164 Å². The number of benzene rings is 6.